The lowest BCUT2D eigenvalue weighted by Gasteiger charge is -2.11. The third kappa shape index (κ3) is 1.96. The van der Waals surface area contributed by atoms with E-state index in [9.17, 15) is 4.79 Å². The lowest BCUT2D eigenvalue weighted by molar-refractivity contribution is 0.0997. The highest BCUT2D eigenvalue weighted by molar-refractivity contribution is 5.97. The van der Waals surface area contributed by atoms with Gasteiger partial charge in [0.05, 0.1) is 18.4 Å². The molecular weight excluding hydrogens is 180 g/mol. The van der Waals surface area contributed by atoms with E-state index in [1.54, 1.807) is 12.1 Å². The van der Waals surface area contributed by atoms with Crippen molar-refractivity contribution in [2.45, 2.75) is 6.92 Å². The lowest BCUT2D eigenvalue weighted by atomic mass is 10.1. The van der Waals surface area contributed by atoms with Gasteiger partial charge in [0, 0.05) is 6.54 Å². The first-order chi connectivity index (χ1) is 6.70. The second-order valence-electron chi connectivity index (χ2n) is 2.78. The van der Waals surface area contributed by atoms with E-state index in [-0.39, 0.29) is 0 Å². The van der Waals surface area contributed by atoms with Crippen molar-refractivity contribution < 1.29 is 9.53 Å². The molecule has 0 radical (unpaired) electrons. The number of rotatable bonds is 4. The van der Waals surface area contributed by atoms with Gasteiger partial charge in [0.15, 0.2) is 5.75 Å². The van der Waals surface area contributed by atoms with Gasteiger partial charge in [-0.3, -0.25) is 4.79 Å². The molecule has 4 nitrogen and oxygen atoms in total. The van der Waals surface area contributed by atoms with Crippen LogP contribution in [0.2, 0.25) is 0 Å². The Morgan fingerprint density at radius 2 is 2.29 bits per heavy atom. The largest absolute Gasteiger partial charge is 0.494 e. The summed E-state index contributed by atoms with van der Waals surface area (Å²) in [4.78, 5) is 11.1. The molecule has 0 aliphatic rings. The fourth-order valence-corrected chi connectivity index (χ4v) is 1.28. The number of ether oxygens (including phenoxy) is 1. The number of carbonyl (C=O) groups is 1. The number of hydrogen-bond donors (Lipinski definition) is 2. The zero-order valence-electron chi connectivity index (χ0n) is 8.33. The highest BCUT2D eigenvalue weighted by Crippen LogP contribution is 2.27. The van der Waals surface area contributed by atoms with E-state index in [2.05, 4.69) is 5.32 Å². The molecule has 0 saturated heterocycles. The molecule has 1 aromatic carbocycles. The number of hydrogen-bond acceptors (Lipinski definition) is 3. The summed E-state index contributed by atoms with van der Waals surface area (Å²) < 4.78 is 5.13. The summed E-state index contributed by atoms with van der Waals surface area (Å²) in [5, 5.41) is 3.09. The summed E-state index contributed by atoms with van der Waals surface area (Å²) in [5.74, 6) is 0.0171. The fourth-order valence-electron chi connectivity index (χ4n) is 1.28. The highest BCUT2D eigenvalue weighted by atomic mass is 16.5. The smallest absolute Gasteiger partial charge is 0.252 e. The third-order valence-corrected chi connectivity index (χ3v) is 1.85. The molecule has 0 heterocycles. The van der Waals surface area contributed by atoms with E-state index in [0.717, 1.165) is 12.2 Å². The van der Waals surface area contributed by atoms with Crippen molar-refractivity contribution in [3.8, 4) is 5.75 Å². The molecule has 0 spiro atoms. The van der Waals surface area contributed by atoms with Crippen LogP contribution in [0.15, 0.2) is 18.2 Å². The predicted molar refractivity (Wildman–Crippen MR) is 55.7 cm³/mol. The standard InChI is InChI=1S/C10H14N2O2/c1-3-12-8-6-4-5-7(10(11)13)9(8)14-2/h4-6,12H,3H2,1-2H3,(H2,11,13). The number of primary amides is 1. The van der Waals surface area contributed by atoms with Gasteiger partial charge in [-0.25, -0.2) is 0 Å². The monoisotopic (exact) mass is 194 g/mol. The molecule has 0 fully saturated rings. The Balaban J connectivity index is 3.17. The first kappa shape index (κ1) is 10.4. The molecule has 1 amide bonds. The SMILES string of the molecule is CCNc1cccc(C(N)=O)c1OC. The number of nitrogens with one attached hydrogen (secondary N) is 1. The van der Waals surface area contributed by atoms with E-state index in [4.69, 9.17) is 10.5 Å². The van der Waals surface area contributed by atoms with Crippen LogP contribution in [0, 0.1) is 0 Å². The number of methoxy groups -OCH3 is 1. The van der Waals surface area contributed by atoms with Crippen LogP contribution < -0.4 is 15.8 Å². The molecular formula is C10H14N2O2. The summed E-state index contributed by atoms with van der Waals surface area (Å²) >= 11 is 0. The molecule has 0 aliphatic heterocycles. The van der Waals surface area contributed by atoms with Crippen LogP contribution in [0.4, 0.5) is 5.69 Å². The Morgan fingerprint density at radius 3 is 2.79 bits per heavy atom. The van der Waals surface area contributed by atoms with E-state index >= 15 is 0 Å². The number of nitrogens with two attached hydrogens (primary N) is 1. The van der Waals surface area contributed by atoms with Crippen molar-refractivity contribution in [1.82, 2.24) is 0 Å². The van der Waals surface area contributed by atoms with Gasteiger partial charge in [-0.2, -0.15) is 0 Å². The van der Waals surface area contributed by atoms with Crippen LogP contribution in [0.3, 0.4) is 0 Å². The Labute approximate surface area is 83.1 Å². The molecule has 1 aromatic rings. The predicted octanol–water partition coefficient (Wildman–Crippen LogP) is 1.23. The maximum Gasteiger partial charge on any atom is 0.252 e. The third-order valence-electron chi connectivity index (χ3n) is 1.85. The molecule has 0 unspecified atom stereocenters. The molecule has 0 aromatic heterocycles. The van der Waals surface area contributed by atoms with Gasteiger partial charge in [0.25, 0.3) is 5.91 Å². The van der Waals surface area contributed by atoms with Crippen molar-refractivity contribution >= 4 is 11.6 Å². The Morgan fingerprint density at radius 1 is 1.57 bits per heavy atom. The normalized spacial score (nSPS) is 9.57. The van der Waals surface area contributed by atoms with E-state index in [1.807, 2.05) is 13.0 Å². The number of anilines is 1. The maximum atomic E-state index is 11.1. The van der Waals surface area contributed by atoms with Crippen LogP contribution in [0.1, 0.15) is 17.3 Å². The molecule has 0 bridgehead atoms. The molecule has 4 heteroatoms. The van der Waals surface area contributed by atoms with E-state index in [0.29, 0.717) is 11.3 Å². The quantitative estimate of drug-likeness (QED) is 0.757. The number of para-hydroxylation sites is 1. The van der Waals surface area contributed by atoms with Crippen molar-refractivity contribution in [3.63, 3.8) is 0 Å². The number of benzene rings is 1. The zero-order chi connectivity index (χ0) is 10.6. The van der Waals surface area contributed by atoms with Gasteiger partial charge in [-0.05, 0) is 19.1 Å². The Hall–Kier alpha value is -1.71. The zero-order valence-corrected chi connectivity index (χ0v) is 8.33. The van der Waals surface area contributed by atoms with Gasteiger partial charge in [-0.15, -0.1) is 0 Å². The Bertz CT molecular complexity index is 337. The van der Waals surface area contributed by atoms with Crippen LogP contribution >= 0.6 is 0 Å². The highest BCUT2D eigenvalue weighted by Gasteiger charge is 2.11. The summed E-state index contributed by atoms with van der Waals surface area (Å²) in [7, 11) is 1.52. The average molecular weight is 194 g/mol. The first-order valence-electron chi connectivity index (χ1n) is 4.41. The average Bonchev–Trinajstić information content (AvgIpc) is 2.18. The van der Waals surface area contributed by atoms with Gasteiger partial charge in [-0.1, -0.05) is 6.07 Å². The minimum atomic E-state index is -0.485. The van der Waals surface area contributed by atoms with Crippen LogP contribution in [-0.2, 0) is 0 Å². The second-order valence-corrected chi connectivity index (χ2v) is 2.78. The van der Waals surface area contributed by atoms with Crippen molar-refractivity contribution in [1.29, 1.82) is 0 Å². The molecule has 0 aliphatic carbocycles. The summed E-state index contributed by atoms with van der Waals surface area (Å²) in [5.41, 5.74) is 6.39. The minimum absolute atomic E-state index is 0.394. The maximum absolute atomic E-state index is 11.1. The van der Waals surface area contributed by atoms with Gasteiger partial charge >= 0.3 is 0 Å². The topological polar surface area (TPSA) is 64.3 Å². The summed E-state index contributed by atoms with van der Waals surface area (Å²) in [6, 6.07) is 5.25. The van der Waals surface area contributed by atoms with Gasteiger partial charge in [0.1, 0.15) is 0 Å². The van der Waals surface area contributed by atoms with Crippen molar-refractivity contribution in [3.05, 3.63) is 23.8 Å². The van der Waals surface area contributed by atoms with Crippen molar-refractivity contribution in [2.24, 2.45) is 5.73 Å². The fraction of sp³-hybridized carbons (Fsp3) is 0.300. The number of amides is 1. The van der Waals surface area contributed by atoms with Crippen molar-refractivity contribution in [2.75, 3.05) is 19.0 Å². The molecule has 0 atom stereocenters. The first-order valence-corrected chi connectivity index (χ1v) is 4.41. The minimum Gasteiger partial charge on any atom is -0.494 e. The summed E-state index contributed by atoms with van der Waals surface area (Å²) in [6.07, 6.45) is 0. The molecule has 0 saturated carbocycles. The number of carbonyl (C=O) groups excluding carboxylic acids is 1. The van der Waals surface area contributed by atoms with Gasteiger partial charge in [0.2, 0.25) is 0 Å². The van der Waals surface area contributed by atoms with Gasteiger partial charge < -0.3 is 15.8 Å². The molecule has 3 N–H and O–H groups in total. The van der Waals surface area contributed by atoms with E-state index < -0.39 is 5.91 Å². The van der Waals surface area contributed by atoms with Crippen LogP contribution in [0.5, 0.6) is 5.75 Å². The lowest BCUT2D eigenvalue weighted by Crippen LogP contribution is -2.13. The molecule has 1 rings (SSSR count). The molecule has 14 heavy (non-hydrogen) atoms. The van der Waals surface area contributed by atoms with Crippen LogP contribution in [-0.4, -0.2) is 19.6 Å². The van der Waals surface area contributed by atoms with Crippen LogP contribution in [0.25, 0.3) is 0 Å². The molecule has 76 valence electrons. The Kier molecular flexibility index (Phi) is 3.34. The summed E-state index contributed by atoms with van der Waals surface area (Å²) in [6.45, 7) is 2.73. The second kappa shape index (κ2) is 4.50. The van der Waals surface area contributed by atoms with E-state index in [1.165, 1.54) is 7.11 Å².